The predicted molar refractivity (Wildman–Crippen MR) is 157 cm³/mol. The van der Waals surface area contributed by atoms with Crippen molar-refractivity contribution in [2.24, 2.45) is 13.0 Å². The van der Waals surface area contributed by atoms with E-state index in [-0.39, 0.29) is 36.3 Å². The zero-order valence-corrected chi connectivity index (χ0v) is 23.9. The number of allylic oxidation sites excluding steroid dienone is 5. The van der Waals surface area contributed by atoms with Crippen LogP contribution in [0.25, 0.3) is 11.2 Å². The molecule has 0 spiro atoms. The fourth-order valence-corrected chi connectivity index (χ4v) is 5.35. The number of aryl methyl sites for hydroxylation is 1. The number of amides is 1. The van der Waals surface area contributed by atoms with Crippen LogP contribution in [0.1, 0.15) is 39.9 Å². The van der Waals surface area contributed by atoms with Crippen molar-refractivity contribution in [2.45, 2.75) is 26.8 Å². The van der Waals surface area contributed by atoms with E-state index in [1.54, 1.807) is 30.1 Å². The molecule has 1 aliphatic carbocycles. The lowest BCUT2D eigenvalue weighted by Gasteiger charge is -2.19. The van der Waals surface area contributed by atoms with E-state index in [2.05, 4.69) is 32.6 Å². The first-order valence-corrected chi connectivity index (χ1v) is 14.4. The van der Waals surface area contributed by atoms with E-state index < -0.39 is 22.3 Å². The van der Waals surface area contributed by atoms with Crippen molar-refractivity contribution in [1.29, 1.82) is 0 Å². The van der Waals surface area contributed by atoms with Gasteiger partial charge in [-0.1, -0.05) is 35.6 Å². The van der Waals surface area contributed by atoms with Gasteiger partial charge in [-0.05, 0) is 37.7 Å². The van der Waals surface area contributed by atoms with Gasteiger partial charge in [0, 0.05) is 54.7 Å². The Morgan fingerprint density at radius 1 is 1.32 bits per heavy atom. The quantitative estimate of drug-likeness (QED) is 0.253. The Hall–Kier alpha value is -3.83. The van der Waals surface area contributed by atoms with Crippen molar-refractivity contribution in [2.75, 3.05) is 19.4 Å². The molecule has 2 atom stereocenters. The SMILES string of the molecule is C=CCS(=C)NC(=O)c1nn(C)c(C)c1CCOC1=C(c2ccc3ncc(CNC)n3c2)C(C)C=CC(F)=C1F. The standard InChI is InChI=1S/C29H34F2N6O2S/c1-7-14-40(6)35-29(38)27-22(19(3)36(5)34-27)12-13-39-28-25(18(2)8-10-23(30)26(28)31)20-9-11-24-33-16-21(15-32-4)37(24)17-20/h7-11,16-18,32H,1,6,12-15H2,2-5H3,(H,35,38). The van der Waals surface area contributed by atoms with Crippen molar-refractivity contribution in [3.05, 3.63) is 95.0 Å². The summed E-state index contributed by atoms with van der Waals surface area (Å²) in [6.45, 7) is 7.98. The van der Waals surface area contributed by atoms with Gasteiger partial charge in [-0.2, -0.15) is 9.49 Å². The van der Waals surface area contributed by atoms with Crippen LogP contribution in [-0.2, 0) is 24.8 Å². The van der Waals surface area contributed by atoms with E-state index in [1.165, 1.54) is 0 Å². The summed E-state index contributed by atoms with van der Waals surface area (Å²) in [4.78, 5) is 17.3. The van der Waals surface area contributed by atoms with E-state index in [9.17, 15) is 9.18 Å². The minimum atomic E-state index is -1.07. The lowest BCUT2D eigenvalue weighted by Crippen LogP contribution is -2.21. The van der Waals surface area contributed by atoms with Gasteiger partial charge in [-0.15, -0.1) is 6.58 Å². The van der Waals surface area contributed by atoms with Crippen LogP contribution in [0.15, 0.2) is 66.7 Å². The highest BCUT2D eigenvalue weighted by Crippen LogP contribution is 2.37. The Kier molecular flexibility index (Phi) is 9.16. The number of nitrogens with one attached hydrogen (secondary N) is 2. The van der Waals surface area contributed by atoms with Gasteiger partial charge in [0.05, 0.1) is 18.5 Å². The lowest BCUT2D eigenvalue weighted by molar-refractivity contribution is 0.0977. The smallest absolute Gasteiger partial charge is 0.281 e. The van der Waals surface area contributed by atoms with Gasteiger partial charge in [0.15, 0.2) is 17.3 Å². The summed E-state index contributed by atoms with van der Waals surface area (Å²) in [6.07, 6.45) is 8.33. The predicted octanol–water partition coefficient (Wildman–Crippen LogP) is 4.95. The van der Waals surface area contributed by atoms with E-state index in [1.807, 2.05) is 43.6 Å². The van der Waals surface area contributed by atoms with Gasteiger partial charge in [-0.25, -0.2) is 9.37 Å². The Bertz CT molecular complexity index is 1570. The molecule has 0 saturated carbocycles. The topological polar surface area (TPSA) is 85.5 Å². The minimum absolute atomic E-state index is 0.000137. The maximum Gasteiger partial charge on any atom is 0.281 e. The van der Waals surface area contributed by atoms with Gasteiger partial charge >= 0.3 is 0 Å². The number of ether oxygens (including phenoxy) is 1. The number of hydrogen-bond donors (Lipinski definition) is 2. The second kappa shape index (κ2) is 12.6. The number of hydrogen-bond acceptors (Lipinski definition) is 5. The zero-order valence-electron chi connectivity index (χ0n) is 23.1. The van der Waals surface area contributed by atoms with Gasteiger partial charge in [0.2, 0.25) is 5.83 Å². The van der Waals surface area contributed by atoms with Gasteiger partial charge < -0.3 is 19.2 Å². The van der Waals surface area contributed by atoms with Crippen molar-refractivity contribution >= 4 is 33.7 Å². The summed E-state index contributed by atoms with van der Waals surface area (Å²) in [5.41, 5.74) is 4.56. The fraction of sp³-hybridized carbons (Fsp3) is 0.310. The third-order valence-electron chi connectivity index (χ3n) is 6.72. The summed E-state index contributed by atoms with van der Waals surface area (Å²) >= 11 is 0. The van der Waals surface area contributed by atoms with Crippen LogP contribution in [0.5, 0.6) is 0 Å². The van der Waals surface area contributed by atoms with Crippen LogP contribution in [0.4, 0.5) is 8.78 Å². The molecule has 3 aromatic heterocycles. The fourth-order valence-electron chi connectivity index (χ4n) is 4.62. The first kappa shape index (κ1) is 29.2. The second-order valence-electron chi connectivity index (χ2n) is 9.49. The summed E-state index contributed by atoms with van der Waals surface area (Å²) < 4.78 is 42.5. The third kappa shape index (κ3) is 6.00. The van der Waals surface area contributed by atoms with Crippen molar-refractivity contribution in [3.63, 3.8) is 0 Å². The van der Waals surface area contributed by atoms with Crippen LogP contribution in [0.3, 0.4) is 0 Å². The first-order chi connectivity index (χ1) is 19.2. The van der Waals surface area contributed by atoms with Crippen LogP contribution in [-0.4, -0.2) is 50.4 Å². The molecule has 0 fully saturated rings. The normalized spacial score (nSPS) is 16.4. The van der Waals surface area contributed by atoms with Crippen LogP contribution in [0.2, 0.25) is 0 Å². The largest absolute Gasteiger partial charge is 0.490 e. The molecule has 0 bridgehead atoms. The maximum atomic E-state index is 15.4. The number of carbonyl (C=O) groups is 1. The number of fused-ring (bicyclic) bond motifs is 1. The monoisotopic (exact) mass is 568 g/mol. The highest BCUT2D eigenvalue weighted by Gasteiger charge is 2.26. The Morgan fingerprint density at radius 2 is 2.10 bits per heavy atom. The molecular weight excluding hydrogens is 534 g/mol. The van der Waals surface area contributed by atoms with E-state index in [4.69, 9.17) is 4.74 Å². The summed E-state index contributed by atoms with van der Waals surface area (Å²) in [6, 6.07) is 3.67. The molecule has 0 aliphatic heterocycles. The zero-order chi connectivity index (χ0) is 29.0. The van der Waals surface area contributed by atoms with Crippen LogP contribution >= 0.6 is 10.7 Å². The Balaban J connectivity index is 1.67. The highest BCUT2D eigenvalue weighted by atomic mass is 32.2. The second-order valence-corrected chi connectivity index (χ2v) is 11.0. The number of carbonyl (C=O) groups excluding carboxylic acids is 1. The number of halogens is 2. The highest BCUT2D eigenvalue weighted by molar-refractivity contribution is 8.12. The summed E-state index contributed by atoms with van der Waals surface area (Å²) in [5.74, 6) is 1.55. The lowest BCUT2D eigenvalue weighted by atomic mass is 9.93. The molecule has 212 valence electrons. The Morgan fingerprint density at radius 3 is 2.83 bits per heavy atom. The molecule has 40 heavy (non-hydrogen) atoms. The molecule has 1 amide bonds. The maximum absolute atomic E-state index is 15.4. The van der Waals surface area contributed by atoms with Crippen molar-refractivity contribution in [1.82, 2.24) is 29.2 Å². The minimum Gasteiger partial charge on any atom is -0.490 e. The number of aromatic nitrogens is 4. The van der Waals surface area contributed by atoms with E-state index in [0.717, 1.165) is 23.1 Å². The molecule has 4 rings (SSSR count). The van der Waals surface area contributed by atoms with Crippen LogP contribution in [0, 0.1) is 12.8 Å². The van der Waals surface area contributed by atoms with Crippen molar-refractivity contribution < 1.29 is 18.3 Å². The summed E-state index contributed by atoms with van der Waals surface area (Å²) in [7, 11) is 2.95. The Labute approximate surface area is 235 Å². The molecule has 3 aromatic rings. The van der Waals surface area contributed by atoms with Gasteiger partial charge in [0.1, 0.15) is 5.65 Å². The average molecular weight is 569 g/mol. The van der Waals surface area contributed by atoms with Gasteiger partial charge in [-0.3, -0.25) is 9.48 Å². The average Bonchev–Trinajstić information content (AvgIpc) is 3.43. The van der Waals surface area contributed by atoms with Crippen LogP contribution < -0.4 is 10.0 Å². The third-order valence-corrected chi connectivity index (χ3v) is 7.83. The molecule has 0 radical (unpaired) electrons. The van der Waals surface area contributed by atoms with Gasteiger partial charge in [0.25, 0.3) is 5.91 Å². The molecule has 0 saturated heterocycles. The van der Waals surface area contributed by atoms with E-state index in [0.29, 0.717) is 29.0 Å². The summed E-state index contributed by atoms with van der Waals surface area (Å²) in [5, 5.41) is 7.49. The van der Waals surface area contributed by atoms with E-state index >= 15 is 4.39 Å². The molecular formula is C29H34F2N6O2S. The molecule has 2 N–H and O–H groups in total. The molecule has 8 nitrogen and oxygen atoms in total. The molecule has 1 aliphatic rings. The molecule has 0 aromatic carbocycles. The molecule has 2 unspecified atom stereocenters. The number of nitrogens with zero attached hydrogens (tertiary/aromatic N) is 4. The number of imidazole rings is 1. The molecule has 3 heterocycles. The number of pyridine rings is 1. The molecule has 11 heteroatoms. The first-order valence-electron chi connectivity index (χ1n) is 12.8. The van der Waals surface area contributed by atoms with Crippen molar-refractivity contribution in [3.8, 4) is 0 Å². The number of rotatable bonds is 11.